The number of alkyl halides is 3. The summed E-state index contributed by atoms with van der Waals surface area (Å²) >= 11 is 1.08. The number of hydrogen-bond donors (Lipinski definition) is 2. The van der Waals surface area contributed by atoms with Crippen LogP contribution < -0.4 is 9.46 Å². The van der Waals surface area contributed by atoms with Crippen LogP contribution in [0.1, 0.15) is 61.5 Å². The van der Waals surface area contributed by atoms with E-state index in [4.69, 9.17) is 9.47 Å². The van der Waals surface area contributed by atoms with E-state index in [0.29, 0.717) is 31.9 Å². The first-order valence-corrected chi connectivity index (χ1v) is 18.3. The largest absolute Gasteiger partial charge is 0.490 e. The van der Waals surface area contributed by atoms with E-state index in [0.717, 1.165) is 41.9 Å². The Morgan fingerprint density at radius 2 is 1.85 bits per heavy atom. The van der Waals surface area contributed by atoms with Crippen molar-refractivity contribution in [3.8, 4) is 5.75 Å². The van der Waals surface area contributed by atoms with E-state index in [9.17, 15) is 31.5 Å². The van der Waals surface area contributed by atoms with Crippen molar-refractivity contribution in [1.82, 2.24) is 9.80 Å². The SMILES string of the molecule is C[C@@H]1CCCCO[C@@H](CN(C)Cc2ccc(C(F)(F)F)cc2)[C@H](C)CN([C@@H](C)CO)C(=O)c2cc(NS(=O)(=O)c3cccs3)ccc2O1. The highest BCUT2D eigenvalue weighted by Gasteiger charge is 2.32. The Morgan fingerprint density at radius 1 is 1.12 bits per heavy atom. The Hall–Kier alpha value is -3.17. The highest BCUT2D eigenvalue weighted by Crippen LogP contribution is 2.31. The van der Waals surface area contributed by atoms with E-state index < -0.39 is 33.7 Å². The summed E-state index contributed by atoms with van der Waals surface area (Å²) in [7, 11) is -2.01. The van der Waals surface area contributed by atoms with Crippen molar-refractivity contribution in [3.63, 3.8) is 0 Å². The van der Waals surface area contributed by atoms with Crippen molar-refractivity contribution < 1.29 is 41.0 Å². The number of rotatable bonds is 9. The van der Waals surface area contributed by atoms with Gasteiger partial charge in [-0.1, -0.05) is 25.1 Å². The van der Waals surface area contributed by atoms with Crippen LogP contribution in [0.3, 0.4) is 0 Å². The molecule has 4 rings (SSSR count). The molecular weight excluding hydrogens is 668 g/mol. The van der Waals surface area contributed by atoms with E-state index in [1.54, 1.807) is 35.4 Å². The van der Waals surface area contributed by atoms with Gasteiger partial charge in [-0.25, -0.2) is 8.42 Å². The number of nitrogens with zero attached hydrogens (tertiary/aromatic N) is 2. The topological polar surface area (TPSA) is 108 Å². The number of halogens is 3. The number of sulfonamides is 1. The highest BCUT2D eigenvalue weighted by atomic mass is 32.2. The first-order valence-electron chi connectivity index (χ1n) is 15.9. The minimum atomic E-state index is -4.40. The lowest BCUT2D eigenvalue weighted by Gasteiger charge is -2.36. The van der Waals surface area contributed by atoms with Gasteiger partial charge in [-0.05, 0) is 87.5 Å². The summed E-state index contributed by atoms with van der Waals surface area (Å²) in [5, 5.41) is 11.8. The standard InChI is InChI=1S/C34H44F3N3O6S2/c1-23-19-40(24(2)22-41)33(42)29-18-28(38-48(43,44)32-9-7-17-47-32)14-15-30(29)46-25(3)8-5-6-16-45-31(23)21-39(4)20-26-10-12-27(13-11-26)34(35,36)37/h7,9-15,17-18,23-25,31,38,41H,5-6,8,16,19-22H2,1-4H3/t23-,24+,25-,31+/m1/s1. The van der Waals surface area contributed by atoms with Crippen LogP contribution in [0, 0.1) is 5.92 Å². The molecule has 0 radical (unpaired) electrons. The number of nitrogens with one attached hydrogen (secondary N) is 1. The van der Waals surface area contributed by atoms with Crippen molar-refractivity contribution >= 4 is 33.0 Å². The molecule has 1 aliphatic heterocycles. The Balaban J connectivity index is 1.60. The number of anilines is 1. The number of hydrogen-bond acceptors (Lipinski definition) is 8. The minimum Gasteiger partial charge on any atom is -0.490 e. The first-order chi connectivity index (χ1) is 22.7. The lowest BCUT2D eigenvalue weighted by atomic mass is 10.0. The van der Waals surface area contributed by atoms with E-state index in [2.05, 4.69) is 4.72 Å². The van der Waals surface area contributed by atoms with Crippen LogP contribution in [0.25, 0.3) is 0 Å². The summed E-state index contributed by atoms with van der Waals surface area (Å²) in [5.41, 5.74) is 0.382. The van der Waals surface area contributed by atoms with E-state index >= 15 is 0 Å². The zero-order valence-corrected chi connectivity index (χ0v) is 29.2. The van der Waals surface area contributed by atoms with Crippen molar-refractivity contribution in [1.29, 1.82) is 0 Å². The molecule has 264 valence electrons. The molecule has 2 N–H and O–H groups in total. The number of amides is 1. The summed E-state index contributed by atoms with van der Waals surface area (Å²) in [4.78, 5) is 17.8. The Labute approximate surface area is 284 Å². The second-order valence-corrected chi connectivity index (χ2v) is 15.3. The molecule has 3 aromatic rings. The van der Waals surface area contributed by atoms with Gasteiger partial charge in [-0.3, -0.25) is 14.4 Å². The molecular formula is C34H44F3N3O6S2. The number of thiophene rings is 1. The fraction of sp³-hybridized carbons (Fsp3) is 0.500. The zero-order chi connectivity index (χ0) is 35.1. The van der Waals surface area contributed by atoms with Crippen LogP contribution in [0.15, 0.2) is 64.2 Å². The Bertz CT molecular complexity index is 1590. The third-order valence-corrected chi connectivity index (χ3v) is 11.1. The molecule has 1 aliphatic rings. The zero-order valence-electron chi connectivity index (χ0n) is 27.6. The fourth-order valence-corrected chi connectivity index (χ4v) is 7.60. The van der Waals surface area contributed by atoms with E-state index in [-0.39, 0.29) is 46.7 Å². The van der Waals surface area contributed by atoms with Gasteiger partial charge in [-0.2, -0.15) is 13.2 Å². The van der Waals surface area contributed by atoms with Gasteiger partial charge < -0.3 is 19.5 Å². The van der Waals surface area contributed by atoms with Crippen LogP contribution in [0.2, 0.25) is 0 Å². The van der Waals surface area contributed by atoms with Crippen LogP contribution in [-0.4, -0.2) is 80.8 Å². The number of benzene rings is 2. The van der Waals surface area contributed by atoms with Crippen LogP contribution in [0.4, 0.5) is 18.9 Å². The third kappa shape index (κ3) is 10.2. The first kappa shape index (κ1) is 37.6. The van der Waals surface area contributed by atoms with Crippen molar-refractivity contribution in [2.45, 2.75) is 75.2 Å². The van der Waals surface area contributed by atoms with Gasteiger partial charge in [0.25, 0.3) is 15.9 Å². The maximum Gasteiger partial charge on any atom is 0.416 e. The van der Waals surface area contributed by atoms with Gasteiger partial charge in [0.05, 0.1) is 36.0 Å². The number of likely N-dealkylation sites (N-methyl/N-ethyl adjacent to an activating group) is 1. The van der Waals surface area contributed by atoms with Gasteiger partial charge in [0.15, 0.2) is 0 Å². The summed E-state index contributed by atoms with van der Waals surface area (Å²) < 4.78 is 80.4. The molecule has 0 saturated carbocycles. The molecule has 1 amide bonds. The average molecular weight is 712 g/mol. The number of carbonyl (C=O) groups excluding carboxylic acids is 1. The lowest BCUT2D eigenvalue weighted by Crippen LogP contribution is -2.47. The predicted octanol–water partition coefficient (Wildman–Crippen LogP) is 6.50. The Morgan fingerprint density at radius 3 is 2.50 bits per heavy atom. The van der Waals surface area contributed by atoms with Crippen molar-refractivity contribution in [3.05, 3.63) is 76.7 Å². The Kier molecular flexibility index (Phi) is 12.9. The van der Waals surface area contributed by atoms with E-state index in [1.807, 2.05) is 25.8 Å². The molecule has 0 fully saturated rings. The normalized spacial score (nSPS) is 20.9. The number of aliphatic hydroxyl groups is 1. The molecule has 0 aliphatic carbocycles. The van der Waals surface area contributed by atoms with Gasteiger partial charge in [0.1, 0.15) is 9.96 Å². The van der Waals surface area contributed by atoms with Crippen LogP contribution >= 0.6 is 11.3 Å². The summed E-state index contributed by atoms with van der Waals surface area (Å²) in [6.07, 6.45) is -2.73. The van der Waals surface area contributed by atoms with Crippen LogP contribution in [-0.2, 0) is 27.5 Å². The number of carbonyl (C=O) groups is 1. The average Bonchev–Trinajstić information content (AvgIpc) is 3.59. The molecule has 0 spiro atoms. The second-order valence-electron chi connectivity index (χ2n) is 12.4. The minimum absolute atomic E-state index is 0.137. The molecule has 48 heavy (non-hydrogen) atoms. The number of ether oxygens (including phenoxy) is 2. The highest BCUT2D eigenvalue weighted by molar-refractivity contribution is 7.94. The summed E-state index contributed by atoms with van der Waals surface area (Å²) in [6.45, 7) is 6.81. The quantitative estimate of drug-likeness (QED) is 0.261. The van der Waals surface area contributed by atoms with Gasteiger partial charge >= 0.3 is 6.18 Å². The molecule has 9 nitrogen and oxygen atoms in total. The molecule has 2 heterocycles. The molecule has 0 bridgehead atoms. The van der Waals surface area contributed by atoms with Gasteiger partial charge in [-0.15, -0.1) is 11.3 Å². The summed E-state index contributed by atoms with van der Waals surface area (Å²) in [5.74, 6) is -0.336. The molecule has 2 aromatic carbocycles. The molecule has 0 saturated heterocycles. The van der Waals surface area contributed by atoms with Crippen molar-refractivity contribution in [2.75, 3.05) is 38.1 Å². The maximum absolute atomic E-state index is 14.3. The monoisotopic (exact) mass is 711 g/mol. The van der Waals surface area contributed by atoms with Gasteiger partial charge in [0.2, 0.25) is 0 Å². The lowest BCUT2D eigenvalue weighted by molar-refractivity contribution is -0.137. The predicted molar refractivity (Wildman–Crippen MR) is 180 cm³/mol. The van der Waals surface area contributed by atoms with E-state index in [1.165, 1.54) is 24.3 Å². The fourth-order valence-electron chi connectivity index (χ4n) is 5.55. The number of aliphatic hydroxyl groups excluding tert-OH is 1. The molecule has 1 aromatic heterocycles. The summed E-state index contributed by atoms with van der Waals surface area (Å²) in [6, 6.07) is 12.3. The third-order valence-electron chi connectivity index (χ3n) is 8.29. The maximum atomic E-state index is 14.3. The van der Waals surface area contributed by atoms with Crippen molar-refractivity contribution in [2.24, 2.45) is 5.92 Å². The van der Waals surface area contributed by atoms with Gasteiger partial charge in [0, 0.05) is 37.8 Å². The molecule has 4 atom stereocenters. The number of fused-ring (bicyclic) bond motifs is 1. The molecule has 0 unspecified atom stereocenters. The smallest absolute Gasteiger partial charge is 0.416 e. The molecule has 14 heteroatoms. The second kappa shape index (κ2) is 16.5. The van der Waals surface area contributed by atoms with Crippen LogP contribution in [0.5, 0.6) is 5.75 Å².